The molecule has 0 amide bonds. The van der Waals surface area contributed by atoms with Gasteiger partial charge < -0.3 is 5.73 Å². The van der Waals surface area contributed by atoms with Crippen molar-refractivity contribution in [2.45, 2.75) is 12.8 Å². The summed E-state index contributed by atoms with van der Waals surface area (Å²) in [6.45, 7) is 0.701. The lowest BCUT2D eigenvalue weighted by Crippen LogP contribution is -1.96. The molecule has 1 rings (SSSR count). The van der Waals surface area contributed by atoms with Gasteiger partial charge in [-0.25, -0.2) is 0 Å². The van der Waals surface area contributed by atoms with Crippen molar-refractivity contribution in [1.82, 2.24) is 0 Å². The number of rotatable bonds is 2. The van der Waals surface area contributed by atoms with E-state index >= 15 is 0 Å². The lowest BCUT2D eigenvalue weighted by molar-refractivity contribution is 0.870. The number of hydrogen-bond donors (Lipinski definition) is 1. The van der Waals surface area contributed by atoms with Gasteiger partial charge in [-0.05, 0) is 24.4 Å². The van der Waals surface area contributed by atoms with E-state index in [9.17, 15) is 0 Å². The van der Waals surface area contributed by atoms with Crippen LogP contribution in [-0.2, 0) is 0 Å². The molecule has 0 radical (unpaired) electrons. The highest BCUT2D eigenvalue weighted by atomic mass is 35.5. The summed E-state index contributed by atoms with van der Waals surface area (Å²) >= 11 is 7.41. The molecule has 0 saturated carbocycles. The first kappa shape index (κ1) is 9.60. The molecule has 1 nitrogen and oxygen atoms in total. The Kier molecular flexibility index (Phi) is 4.16. The van der Waals surface area contributed by atoms with Gasteiger partial charge in [-0.2, -0.15) is 0 Å². The van der Waals surface area contributed by atoms with Crippen LogP contribution in [0.5, 0.6) is 0 Å². The molecule has 0 spiro atoms. The molecule has 12 heavy (non-hydrogen) atoms. The number of hydrogen-bond acceptors (Lipinski definition) is 2. The van der Waals surface area contributed by atoms with Gasteiger partial charge in [0.15, 0.2) is 0 Å². The molecule has 0 unspecified atom stereocenters. The predicted octanol–water partition coefficient (Wildman–Crippen LogP) is 2.49. The third-order valence-corrected chi connectivity index (χ3v) is 2.58. The molecule has 0 atom stereocenters. The van der Waals surface area contributed by atoms with Gasteiger partial charge in [-0.15, -0.1) is 11.3 Å². The van der Waals surface area contributed by atoms with Gasteiger partial charge in [0.1, 0.15) is 0 Å². The van der Waals surface area contributed by atoms with Crippen molar-refractivity contribution in [2.24, 2.45) is 5.73 Å². The number of thiophene rings is 1. The fourth-order valence-electron chi connectivity index (χ4n) is 0.716. The van der Waals surface area contributed by atoms with Crippen molar-refractivity contribution in [3.8, 4) is 11.8 Å². The van der Waals surface area contributed by atoms with Gasteiger partial charge in [0, 0.05) is 6.42 Å². The van der Waals surface area contributed by atoms with Gasteiger partial charge in [-0.3, -0.25) is 0 Å². The predicted molar refractivity (Wildman–Crippen MR) is 54.5 cm³/mol. The van der Waals surface area contributed by atoms with Gasteiger partial charge in [0.2, 0.25) is 0 Å². The van der Waals surface area contributed by atoms with Crippen LogP contribution < -0.4 is 5.73 Å². The van der Waals surface area contributed by atoms with Crippen LogP contribution in [0.2, 0.25) is 5.02 Å². The highest BCUT2D eigenvalue weighted by Crippen LogP contribution is 2.20. The zero-order valence-electron chi connectivity index (χ0n) is 6.64. The first-order valence-corrected chi connectivity index (χ1v) is 5.02. The van der Waals surface area contributed by atoms with Crippen LogP contribution in [0.3, 0.4) is 0 Å². The Labute approximate surface area is 81.5 Å². The molecule has 0 aliphatic heterocycles. The normalized spacial score (nSPS) is 9.17. The molecule has 2 N–H and O–H groups in total. The SMILES string of the molecule is NCCCC#Cc1sccc1Cl. The summed E-state index contributed by atoms with van der Waals surface area (Å²) in [7, 11) is 0. The summed E-state index contributed by atoms with van der Waals surface area (Å²) in [4.78, 5) is 0.952. The van der Waals surface area contributed by atoms with Crippen LogP contribution in [0.1, 0.15) is 17.7 Å². The highest BCUT2D eigenvalue weighted by molar-refractivity contribution is 7.11. The third kappa shape index (κ3) is 2.86. The van der Waals surface area contributed by atoms with E-state index in [2.05, 4.69) is 11.8 Å². The summed E-state index contributed by atoms with van der Waals surface area (Å²) < 4.78 is 0. The summed E-state index contributed by atoms with van der Waals surface area (Å²) in [5.74, 6) is 6.03. The Hall–Kier alpha value is -0.490. The van der Waals surface area contributed by atoms with Crippen molar-refractivity contribution in [2.75, 3.05) is 6.54 Å². The second kappa shape index (κ2) is 5.21. The summed E-state index contributed by atoms with van der Waals surface area (Å²) in [6, 6.07) is 1.86. The minimum Gasteiger partial charge on any atom is -0.330 e. The van der Waals surface area contributed by atoms with E-state index in [1.807, 2.05) is 11.4 Å². The Morgan fingerprint density at radius 3 is 3.00 bits per heavy atom. The van der Waals surface area contributed by atoms with Crippen molar-refractivity contribution in [3.63, 3.8) is 0 Å². The molecular weight excluding hydrogens is 190 g/mol. The van der Waals surface area contributed by atoms with E-state index in [4.69, 9.17) is 17.3 Å². The first-order chi connectivity index (χ1) is 5.84. The topological polar surface area (TPSA) is 26.0 Å². The van der Waals surface area contributed by atoms with Crippen LogP contribution in [0, 0.1) is 11.8 Å². The van der Waals surface area contributed by atoms with E-state index in [1.54, 1.807) is 11.3 Å². The minimum atomic E-state index is 0.701. The van der Waals surface area contributed by atoms with Crippen molar-refractivity contribution in [1.29, 1.82) is 0 Å². The van der Waals surface area contributed by atoms with Crippen LogP contribution in [0.25, 0.3) is 0 Å². The third-order valence-electron chi connectivity index (χ3n) is 1.32. The Balaban J connectivity index is 2.49. The van der Waals surface area contributed by atoms with Gasteiger partial charge >= 0.3 is 0 Å². The van der Waals surface area contributed by atoms with Crippen LogP contribution in [0.4, 0.5) is 0 Å². The quantitative estimate of drug-likeness (QED) is 0.575. The number of unbranched alkanes of at least 4 members (excludes halogenated alkanes) is 1. The van der Waals surface area contributed by atoms with Gasteiger partial charge in [0.25, 0.3) is 0 Å². The summed E-state index contributed by atoms with van der Waals surface area (Å²) in [6.07, 6.45) is 1.81. The van der Waals surface area contributed by atoms with E-state index in [1.165, 1.54) is 0 Å². The van der Waals surface area contributed by atoms with Crippen molar-refractivity contribution in [3.05, 3.63) is 21.3 Å². The van der Waals surface area contributed by atoms with Gasteiger partial charge in [0.05, 0.1) is 9.90 Å². The second-order valence-corrected chi connectivity index (χ2v) is 3.61. The zero-order valence-corrected chi connectivity index (χ0v) is 8.21. The molecule has 1 aromatic rings. The van der Waals surface area contributed by atoms with E-state index < -0.39 is 0 Å². The Bertz CT molecular complexity index is 295. The molecule has 0 aliphatic carbocycles. The summed E-state index contributed by atoms with van der Waals surface area (Å²) in [5.41, 5.74) is 5.33. The number of nitrogens with two attached hydrogens (primary N) is 1. The van der Waals surface area contributed by atoms with Crippen molar-refractivity contribution < 1.29 is 0 Å². The Morgan fingerprint density at radius 2 is 2.42 bits per heavy atom. The van der Waals surface area contributed by atoms with Crippen LogP contribution in [0.15, 0.2) is 11.4 Å². The van der Waals surface area contributed by atoms with E-state index in [0.717, 1.165) is 22.7 Å². The molecule has 0 saturated heterocycles. The molecule has 0 aliphatic rings. The largest absolute Gasteiger partial charge is 0.330 e. The van der Waals surface area contributed by atoms with Gasteiger partial charge in [-0.1, -0.05) is 23.4 Å². The van der Waals surface area contributed by atoms with Crippen molar-refractivity contribution >= 4 is 22.9 Å². The molecule has 64 valence electrons. The molecule has 3 heteroatoms. The smallest absolute Gasteiger partial charge is 0.0954 e. The average Bonchev–Trinajstić information content (AvgIpc) is 2.46. The molecule has 1 aromatic heterocycles. The monoisotopic (exact) mass is 199 g/mol. The molecular formula is C9H10ClNS. The Morgan fingerprint density at radius 1 is 1.58 bits per heavy atom. The highest BCUT2D eigenvalue weighted by Gasteiger charge is 1.94. The lowest BCUT2D eigenvalue weighted by Gasteiger charge is -1.84. The number of halogens is 1. The fraction of sp³-hybridized carbons (Fsp3) is 0.333. The average molecular weight is 200 g/mol. The molecule has 0 bridgehead atoms. The van der Waals surface area contributed by atoms with Crippen LogP contribution in [-0.4, -0.2) is 6.54 Å². The van der Waals surface area contributed by atoms with E-state index in [-0.39, 0.29) is 0 Å². The second-order valence-electron chi connectivity index (χ2n) is 2.29. The first-order valence-electron chi connectivity index (χ1n) is 3.76. The zero-order chi connectivity index (χ0) is 8.81. The maximum atomic E-state index is 5.84. The standard InChI is InChI=1S/C9H10ClNS/c10-8-5-7-12-9(8)4-2-1-3-6-11/h5,7H,1,3,6,11H2. The van der Waals surface area contributed by atoms with Crippen LogP contribution >= 0.6 is 22.9 Å². The lowest BCUT2D eigenvalue weighted by atomic mass is 10.3. The molecule has 0 aromatic carbocycles. The minimum absolute atomic E-state index is 0.701. The fourth-order valence-corrected chi connectivity index (χ4v) is 1.69. The molecule has 0 fully saturated rings. The molecule has 1 heterocycles. The van der Waals surface area contributed by atoms with E-state index in [0.29, 0.717) is 6.54 Å². The maximum Gasteiger partial charge on any atom is 0.0954 e. The summed E-state index contributed by atoms with van der Waals surface area (Å²) in [5, 5.41) is 2.69. The maximum absolute atomic E-state index is 5.84.